The Labute approximate surface area is 94.6 Å². The molecular formula is C11H14N2O2S. The van der Waals surface area contributed by atoms with Crippen molar-refractivity contribution >= 4 is 26.4 Å². The van der Waals surface area contributed by atoms with E-state index in [0.29, 0.717) is 5.69 Å². The zero-order valence-electron chi connectivity index (χ0n) is 9.27. The summed E-state index contributed by atoms with van der Waals surface area (Å²) in [6, 6.07) is 7.44. The van der Waals surface area contributed by atoms with E-state index in [0.717, 1.165) is 16.6 Å². The smallest absolute Gasteiger partial charge is 0.153 e. The van der Waals surface area contributed by atoms with E-state index in [1.807, 2.05) is 35.9 Å². The first kappa shape index (κ1) is 11.0. The van der Waals surface area contributed by atoms with Gasteiger partial charge in [0.2, 0.25) is 0 Å². The van der Waals surface area contributed by atoms with Crippen molar-refractivity contribution in [2.75, 3.05) is 12.0 Å². The minimum absolute atomic E-state index is 0.0537. The van der Waals surface area contributed by atoms with Crippen molar-refractivity contribution in [2.45, 2.75) is 5.75 Å². The molecule has 5 heteroatoms. The number of hydrogen-bond acceptors (Lipinski definition) is 3. The van der Waals surface area contributed by atoms with Gasteiger partial charge in [0.15, 0.2) is 9.84 Å². The Hall–Kier alpha value is -1.49. The SMILES string of the molecule is Cn1c(CS(C)(=O)=O)cc2ccc(N)cc21. The molecule has 0 aliphatic rings. The van der Waals surface area contributed by atoms with Gasteiger partial charge in [-0.25, -0.2) is 8.42 Å². The summed E-state index contributed by atoms with van der Waals surface area (Å²) in [5.41, 5.74) is 8.12. The summed E-state index contributed by atoms with van der Waals surface area (Å²) in [7, 11) is -1.16. The fourth-order valence-corrected chi connectivity index (χ4v) is 2.63. The van der Waals surface area contributed by atoms with Crippen molar-refractivity contribution in [1.29, 1.82) is 0 Å². The van der Waals surface area contributed by atoms with Crippen molar-refractivity contribution in [3.63, 3.8) is 0 Å². The van der Waals surface area contributed by atoms with Crippen molar-refractivity contribution in [2.24, 2.45) is 7.05 Å². The molecule has 1 aromatic carbocycles. The van der Waals surface area contributed by atoms with Crippen LogP contribution in [0.25, 0.3) is 10.9 Å². The molecule has 2 aromatic rings. The second-order valence-electron chi connectivity index (χ2n) is 4.08. The molecule has 1 aromatic heterocycles. The maximum absolute atomic E-state index is 11.3. The van der Waals surface area contributed by atoms with E-state index in [1.165, 1.54) is 6.26 Å². The molecule has 16 heavy (non-hydrogen) atoms. The molecule has 0 saturated heterocycles. The van der Waals surface area contributed by atoms with Crippen molar-refractivity contribution < 1.29 is 8.42 Å². The van der Waals surface area contributed by atoms with Crippen molar-refractivity contribution in [1.82, 2.24) is 4.57 Å². The lowest BCUT2D eigenvalue weighted by Gasteiger charge is -2.02. The van der Waals surface area contributed by atoms with Crippen molar-refractivity contribution in [3.05, 3.63) is 30.0 Å². The molecule has 0 saturated carbocycles. The monoisotopic (exact) mass is 238 g/mol. The Bertz CT molecular complexity index is 641. The van der Waals surface area contributed by atoms with Crippen LogP contribution in [-0.2, 0) is 22.6 Å². The topological polar surface area (TPSA) is 65.1 Å². The Morgan fingerprint density at radius 2 is 2.00 bits per heavy atom. The van der Waals surface area contributed by atoms with Crippen LogP contribution in [-0.4, -0.2) is 19.2 Å². The maximum atomic E-state index is 11.3. The zero-order chi connectivity index (χ0) is 11.9. The normalized spacial score (nSPS) is 12.1. The van der Waals surface area contributed by atoms with Crippen LogP contribution in [0, 0.1) is 0 Å². The predicted molar refractivity (Wildman–Crippen MR) is 65.9 cm³/mol. The number of nitrogens with zero attached hydrogens (tertiary/aromatic N) is 1. The summed E-state index contributed by atoms with van der Waals surface area (Å²) in [6.07, 6.45) is 1.24. The molecule has 0 aliphatic carbocycles. The maximum Gasteiger partial charge on any atom is 0.153 e. The molecule has 0 spiro atoms. The summed E-state index contributed by atoms with van der Waals surface area (Å²) >= 11 is 0. The van der Waals surface area contributed by atoms with Crippen LogP contribution in [0.15, 0.2) is 24.3 Å². The van der Waals surface area contributed by atoms with Gasteiger partial charge in [0.05, 0.1) is 11.3 Å². The lowest BCUT2D eigenvalue weighted by atomic mass is 10.2. The van der Waals surface area contributed by atoms with Gasteiger partial charge in [-0.1, -0.05) is 6.07 Å². The standard InChI is InChI=1S/C11H14N2O2S/c1-13-10(7-16(2,14)15)5-8-3-4-9(12)6-11(8)13/h3-6H,7,12H2,1-2H3. The lowest BCUT2D eigenvalue weighted by Crippen LogP contribution is -2.05. The van der Waals surface area contributed by atoms with E-state index in [1.54, 1.807) is 0 Å². The third-order valence-corrected chi connectivity index (χ3v) is 3.40. The Kier molecular flexibility index (Phi) is 2.42. The number of rotatable bonds is 2. The summed E-state index contributed by atoms with van der Waals surface area (Å²) in [6.45, 7) is 0. The number of anilines is 1. The largest absolute Gasteiger partial charge is 0.399 e. The summed E-state index contributed by atoms with van der Waals surface area (Å²) < 4.78 is 24.4. The highest BCUT2D eigenvalue weighted by molar-refractivity contribution is 7.89. The van der Waals surface area contributed by atoms with Crippen LogP contribution in [0.5, 0.6) is 0 Å². The van der Waals surface area contributed by atoms with Gasteiger partial charge in [0, 0.05) is 30.1 Å². The molecule has 0 amide bonds. The summed E-state index contributed by atoms with van der Waals surface area (Å²) in [5, 5.41) is 1.01. The lowest BCUT2D eigenvalue weighted by molar-refractivity contribution is 0.599. The molecule has 0 atom stereocenters. The average molecular weight is 238 g/mol. The highest BCUT2D eigenvalue weighted by atomic mass is 32.2. The molecular weight excluding hydrogens is 224 g/mol. The van der Waals surface area contributed by atoms with E-state index in [4.69, 9.17) is 5.73 Å². The highest BCUT2D eigenvalue weighted by Gasteiger charge is 2.11. The van der Waals surface area contributed by atoms with Gasteiger partial charge in [-0.15, -0.1) is 0 Å². The van der Waals surface area contributed by atoms with E-state index >= 15 is 0 Å². The number of nitrogens with two attached hydrogens (primary N) is 1. The minimum atomic E-state index is -3.01. The van der Waals surface area contributed by atoms with Crippen LogP contribution in [0.3, 0.4) is 0 Å². The molecule has 0 unspecified atom stereocenters. The molecule has 86 valence electrons. The quantitative estimate of drug-likeness (QED) is 0.802. The fourth-order valence-electron chi connectivity index (χ4n) is 1.81. The van der Waals surface area contributed by atoms with Crippen LogP contribution in [0.4, 0.5) is 5.69 Å². The fraction of sp³-hybridized carbons (Fsp3) is 0.273. The van der Waals surface area contributed by atoms with E-state index < -0.39 is 9.84 Å². The second kappa shape index (κ2) is 3.52. The summed E-state index contributed by atoms with van der Waals surface area (Å²) in [4.78, 5) is 0. The number of nitrogen functional groups attached to an aromatic ring is 1. The zero-order valence-corrected chi connectivity index (χ0v) is 10.1. The number of fused-ring (bicyclic) bond motifs is 1. The molecule has 0 fully saturated rings. The first-order chi connectivity index (χ1) is 7.37. The molecule has 2 N–H and O–H groups in total. The molecule has 0 aliphatic heterocycles. The molecule has 0 bridgehead atoms. The molecule has 4 nitrogen and oxygen atoms in total. The van der Waals surface area contributed by atoms with E-state index in [-0.39, 0.29) is 5.75 Å². The number of benzene rings is 1. The van der Waals surface area contributed by atoms with Gasteiger partial charge in [0.25, 0.3) is 0 Å². The summed E-state index contributed by atoms with van der Waals surface area (Å²) in [5.74, 6) is 0.0537. The Balaban J connectivity index is 2.61. The number of sulfone groups is 1. The van der Waals surface area contributed by atoms with Gasteiger partial charge < -0.3 is 10.3 Å². The van der Waals surface area contributed by atoms with Gasteiger partial charge >= 0.3 is 0 Å². The number of aryl methyl sites for hydroxylation is 1. The van der Waals surface area contributed by atoms with Gasteiger partial charge in [-0.05, 0) is 18.2 Å². The minimum Gasteiger partial charge on any atom is -0.399 e. The Morgan fingerprint density at radius 1 is 1.31 bits per heavy atom. The van der Waals surface area contributed by atoms with Crippen LogP contribution < -0.4 is 5.73 Å². The van der Waals surface area contributed by atoms with Crippen molar-refractivity contribution in [3.8, 4) is 0 Å². The predicted octanol–water partition coefficient (Wildman–Crippen LogP) is 1.31. The third-order valence-electron chi connectivity index (χ3n) is 2.58. The first-order valence-corrected chi connectivity index (χ1v) is 6.94. The van der Waals surface area contributed by atoms with Crippen LogP contribution in [0.1, 0.15) is 5.69 Å². The average Bonchev–Trinajstić information content (AvgIpc) is 2.42. The van der Waals surface area contributed by atoms with Crippen LogP contribution >= 0.6 is 0 Å². The molecule has 2 rings (SSSR count). The van der Waals surface area contributed by atoms with E-state index in [9.17, 15) is 8.42 Å². The second-order valence-corrected chi connectivity index (χ2v) is 6.22. The highest BCUT2D eigenvalue weighted by Crippen LogP contribution is 2.22. The molecule has 1 heterocycles. The number of hydrogen-bond donors (Lipinski definition) is 1. The van der Waals surface area contributed by atoms with Gasteiger partial charge in [0.1, 0.15) is 0 Å². The molecule has 0 radical (unpaired) electrons. The van der Waals surface area contributed by atoms with E-state index in [2.05, 4.69) is 0 Å². The Morgan fingerprint density at radius 3 is 2.62 bits per heavy atom. The number of aromatic nitrogens is 1. The van der Waals surface area contributed by atoms with Gasteiger partial charge in [-0.3, -0.25) is 0 Å². The first-order valence-electron chi connectivity index (χ1n) is 4.88. The van der Waals surface area contributed by atoms with Gasteiger partial charge in [-0.2, -0.15) is 0 Å². The third kappa shape index (κ3) is 2.04. The van der Waals surface area contributed by atoms with Crippen LogP contribution in [0.2, 0.25) is 0 Å².